The maximum absolute atomic E-state index is 12.7. The molecule has 0 fully saturated rings. The van der Waals surface area contributed by atoms with Gasteiger partial charge in [0.05, 0.1) is 34.2 Å². The molecule has 5 rings (SSSR count). The number of nitriles is 1. The Hall–Kier alpha value is -4.43. The van der Waals surface area contributed by atoms with E-state index in [2.05, 4.69) is 16.0 Å². The fraction of sp³-hybridized carbons (Fsp3) is 0. The van der Waals surface area contributed by atoms with Gasteiger partial charge in [-0.1, -0.05) is 66.7 Å². The number of nitrogens with one attached hydrogen (secondary N) is 1. The van der Waals surface area contributed by atoms with E-state index in [1.165, 1.54) is 0 Å². The maximum Gasteiger partial charge on any atom is 0.280 e. The molecule has 5 nitrogen and oxygen atoms in total. The van der Waals surface area contributed by atoms with Crippen LogP contribution < -0.4 is 0 Å². The molecule has 0 saturated carbocycles. The standard InChI is InChI=1S/C25H15N3O2/c26-14-15-5-4-8-19(13-15)23-21-20(24(29)28-23)22(27-25(21)30)18-11-9-17(10-12-18)16-6-2-1-3-7-16/h1-13,28-29H. The van der Waals surface area contributed by atoms with Crippen LogP contribution >= 0.6 is 0 Å². The lowest BCUT2D eigenvalue weighted by Gasteiger charge is -2.05. The van der Waals surface area contributed by atoms with Gasteiger partial charge in [-0.3, -0.25) is 4.79 Å². The van der Waals surface area contributed by atoms with Crippen molar-refractivity contribution in [3.8, 4) is 34.3 Å². The van der Waals surface area contributed by atoms with E-state index in [1.807, 2.05) is 54.6 Å². The number of rotatable bonds is 3. The van der Waals surface area contributed by atoms with E-state index in [4.69, 9.17) is 5.26 Å². The Balaban J connectivity index is 1.57. The van der Waals surface area contributed by atoms with Crippen LogP contribution in [0.2, 0.25) is 0 Å². The molecule has 0 spiro atoms. The summed E-state index contributed by atoms with van der Waals surface area (Å²) < 4.78 is 0. The topological polar surface area (TPSA) is 89.2 Å². The molecule has 0 atom stereocenters. The van der Waals surface area contributed by atoms with Crippen molar-refractivity contribution in [2.24, 2.45) is 4.99 Å². The number of aliphatic imine (C=N–C) groups is 1. The molecule has 1 amide bonds. The highest BCUT2D eigenvalue weighted by Gasteiger charge is 2.33. The number of fused-ring (bicyclic) bond motifs is 1. The summed E-state index contributed by atoms with van der Waals surface area (Å²) >= 11 is 0. The monoisotopic (exact) mass is 389 g/mol. The van der Waals surface area contributed by atoms with Gasteiger partial charge in [0.2, 0.25) is 0 Å². The summed E-state index contributed by atoms with van der Waals surface area (Å²) in [4.78, 5) is 19.8. The predicted molar refractivity (Wildman–Crippen MR) is 114 cm³/mol. The zero-order valence-corrected chi connectivity index (χ0v) is 15.8. The number of aromatic amines is 1. The minimum atomic E-state index is -0.416. The Bertz CT molecular complexity index is 1360. The normalized spacial score (nSPS) is 12.4. The number of aromatic hydroxyl groups is 1. The third-order valence-electron chi connectivity index (χ3n) is 5.19. The molecule has 0 saturated heterocycles. The second-order valence-electron chi connectivity index (χ2n) is 7.00. The van der Waals surface area contributed by atoms with Gasteiger partial charge in [0, 0.05) is 11.1 Å². The van der Waals surface area contributed by atoms with Gasteiger partial charge in [-0.2, -0.15) is 5.26 Å². The van der Waals surface area contributed by atoms with Crippen molar-refractivity contribution in [1.29, 1.82) is 5.26 Å². The van der Waals surface area contributed by atoms with Gasteiger partial charge in [0.1, 0.15) is 0 Å². The fourth-order valence-electron chi connectivity index (χ4n) is 3.77. The number of carbonyl (C=O) groups is 1. The summed E-state index contributed by atoms with van der Waals surface area (Å²) in [5.74, 6) is -0.528. The largest absolute Gasteiger partial charge is 0.494 e. The highest BCUT2D eigenvalue weighted by atomic mass is 16.3. The SMILES string of the molecule is N#Cc1cccc(-c2[nH]c(O)c3c2C(=O)N=C3c2ccc(-c3ccccc3)cc2)c1. The van der Waals surface area contributed by atoms with Crippen LogP contribution in [0.15, 0.2) is 83.9 Å². The highest BCUT2D eigenvalue weighted by Crippen LogP contribution is 2.38. The summed E-state index contributed by atoms with van der Waals surface area (Å²) in [6.45, 7) is 0. The van der Waals surface area contributed by atoms with Crippen molar-refractivity contribution >= 4 is 11.6 Å². The third-order valence-corrected chi connectivity index (χ3v) is 5.19. The minimum absolute atomic E-state index is 0.112. The molecule has 0 aliphatic carbocycles. The number of carbonyl (C=O) groups excluding carboxylic acids is 1. The first-order chi connectivity index (χ1) is 14.7. The van der Waals surface area contributed by atoms with Crippen LogP contribution in [0.25, 0.3) is 22.4 Å². The van der Waals surface area contributed by atoms with Crippen LogP contribution in [0.5, 0.6) is 5.88 Å². The summed E-state index contributed by atoms with van der Waals surface area (Å²) in [6.07, 6.45) is 0. The number of H-pyrrole nitrogens is 1. The lowest BCUT2D eigenvalue weighted by atomic mass is 9.97. The molecule has 2 N–H and O–H groups in total. The molecule has 1 aromatic heterocycles. The van der Waals surface area contributed by atoms with E-state index in [-0.39, 0.29) is 5.88 Å². The molecule has 0 radical (unpaired) electrons. The Kier molecular flexibility index (Phi) is 4.04. The second kappa shape index (κ2) is 6.87. The molecular formula is C25H15N3O2. The molecule has 0 unspecified atom stereocenters. The van der Waals surface area contributed by atoms with E-state index >= 15 is 0 Å². The van der Waals surface area contributed by atoms with Crippen LogP contribution in [-0.4, -0.2) is 21.7 Å². The Morgan fingerprint density at radius 2 is 1.47 bits per heavy atom. The lowest BCUT2D eigenvalue weighted by molar-refractivity contribution is 0.101. The summed E-state index contributed by atoms with van der Waals surface area (Å²) in [5.41, 5.74) is 5.63. The number of hydrogen-bond acceptors (Lipinski definition) is 3. The van der Waals surface area contributed by atoms with Crippen LogP contribution in [0.3, 0.4) is 0 Å². The molecule has 142 valence electrons. The average molecular weight is 389 g/mol. The van der Waals surface area contributed by atoms with Gasteiger partial charge in [0.15, 0.2) is 5.88 Å². The summed E-state index contributed by atoms with van der Waals surface area (Å²) in [6, 6.07) is 26.7. The molecule has 1 aliphatic rings. The summed E-state index contributed by atoms with van der Waals surface area (Å²) in [7, 11) is 0. The first-order valence-electron chi connectivity index (χ1n) is 9.40. The van der Waals surface area contributed by atoms with Gasteiger partial charge in [-0.05, 0) is 23.3 Å². The zero-order valence-electron chi connectivity index (χ0n) is 15.8. The number of nitrogens with zero attached hydrogens (tertiary/aromatic N) is 2. The van der Waals surface area contributed by atoms with Crippen molar-refractivity contribution in [3.05, 3.63) is 101 Å². The Labute approximate surface area is 172 Å². The maximum atomic E-state index is 12.7. The zero-order chi connectivity index (χ0) is 20.7. The molecule has 1 aliphatic heterocycles. The molecule has 5 heteroatoms. The molecule has 3 aromatic carbocycles. The Morgan fingerprint density at radius 1 is 0.800 bits per heavy atom. The average Bonchev–Trinajstić information content (AvgIpc) is 3.33. The number of aromatic nitrogens is 1. The van der Waals surface area contributed by atoms with Crippen molar-refractivity contribution in [2.75, 3.05) is 0 Å². The van der Waals surface area contributed by atoms with Crippen LogP contribution in [0.4, 0.5) is 0 Å². The first-order valence-corrected chi connectivity index (χ1v) is 9.40. The van der Waals surface area contributed by atoms with Gasteiger partial charge < -0.3 is 10.1 Å². The minimum Gasteiger partial charge on any atom is -0.494 e. The van der Waals surface area contributed by atoms with Crippen molar-refractivity contribution in [1.82, 2.24) is 4.98 Å². The number of amides is 1. The first kappa shape index (κ1) is 17.7. The van der Waals surface area contributed by atoms with Gasteiger partial charge in [0.25, 0.3) is 5.91 Å². The number of hydrogen-bond donors (Lipinski definition) is 2. The van der Waals surface area contributed by atoms with Gasteiger partial charge >= 0.3 is 0 Å². The predicted octanol–water partition coefficient (Wildman–Crippen LogP) is 4.92. The second-order valence-corrected chi connectivity index (χ2v) is 7.00. The lowest BCUT2D eigenvalue weighted by Crippen LogP contribution is -1.99. The van der Waals surface area contributed by atoms with Crippen LogP contribution in [0, 0.1) is 11.3 Å². The highest BCUT2D eigenvalue weighted by molar-refractivity contribution is 6.30. The fourth-order valence-corrected chi connectivity index (χ4v) is 3.77. The quantitative estimate of drug-likeness (QED) is 0.521. The van der Waals surface area contributed by atoms with Crippen molar-refractivity contribution < 1.29 is 9.90 Å². The van der Waals surface area contributed by atoms with E-state index in [0.29, 0.717) is 33.7 Å². The van der Waals surface area contributed by atoms with Crippen LogP contribution in [-0.2, 0) is 0 Å². The van der Waals surface area contributed by atoms with Gasteiger partial charge in [-0.15, -0.1) is 0 Å². The van der Waals surface area contributed by atoms with E-state index in [9.17, 15) is 9.90 Å². The Morgan fingerprint density at radius 3 is 2.20 bits per heavy atom. The summed E-state index contributed by atoms with van der Waals surface area (Å²) in [5, 5.41) is 19.7. The molecular weight excluding hydrogens is 374 g/mol. The van der Waals surface area contributed by atoms with Crippen molar-refractivity contribution in [3.63, 3.8) is 0 Å². The van der Waals surface area contributed by atoms with Crippen molar-refractivity contribution in [2.45, 2.75) is 0 Å². The molecule has 30 heavy (non-hydrogen) atoms. The third kappa shape index (κ3) is 2.79. The number of benzene rings is 3. The van der Waals surface area contributed by atoms with Crippen LogP contribution in [0.1, 0.15) is 27.0 Å². The van der Waals surface area contributed by atoms with Gasteiger partial charge in [-0.25, -0.2) is 4.99 Å². The van der Waals surface area contributed by atoms with E-state index in [0.717, 1.165) is 16.7 Å². The molecule has 0 bridgehead atoms. The van der Waals surface area contributed by atoms with E-state index < -0.39 is 5.91 Å². The molecule has 2 heterocycles. The molecule has 4 aromatic rings. The smallest absolute Gasteiger partial charge is 0.280 e. The van der Waals surface area contributed by atoms with E-state index in [1.54, 1.807) is 24.3 Å².